The standard InChI is InChI=1S/C32H38N2O4S.3C2H6/c1-23-9-6-7-13-27(23)29-19-25(14-15-28(29)31(35)33-30(32(36)37)16-18-39-2)20-34-17-8-12-26(34)22-38-21-24-10-4-3-5-11-24;3*1-2/h3-7,9-11,13-15,19,26,30H,8,12,16-18,20-22H2,1-2H3,(H,33,35)(H,36,37);3*1-2H3. The molecular weight excluding hydrogens is 580 g/mol. The van der Waals surface area contributed by atoms with Gasteiger partial charge in [-0.15, -0.1) is 0 Å². The second-order valence-electron chi connectivity index (χ2n) is 10.1. The van der Waals surface area contributed by atoms with Gasteiger partial charge in [-0.3, -0.25) is 9.69 Å². The Kier molecular flexibility index (Phi) is 20.6. The Labute approximate surface area is 277 Å². The van der Waals surface area contributed by atoms with Crippen LogP contribution in [0, 0.1) is 6.92 Å². The Morgan fingerprint density at radius 3 is 2.24 bits per heavy atom. The van der Waals surface area contributed by atoms with E-state index >= 15 is 0 Å². The number of ether oxygens (including phenoxy) is 1. The zero-order valence-corrected chi connectivity index (χ0v) is 29.6. The van der Waals surface area contributed by atoms with Crippen LogP contribution in [0.4, 0.5) is 0 Å². The number of nitrogens with one attached hydrogen (secondary N) is 1. The van der Waals surface area contributed by atoms with Crippen molar-refractivity contribution in [2.75, 3.05) is 25.2 Å². The van der Waals surface area contributed by atoms with E-state index in [1.165, 1.54) is 5.56 Å². The van der Waals surface area contributed by atoms with Crippen LogP contribution in [0.15, 0.2) is 72.8 Å². The molecule has 0 aliphatic carbocycles. The lowest BCUT2D eigenvalue weighted by atomic mass is 9.93. The second kappa shape index (κ2) is 23.2. The first kappa shape index (κ1) is 39.9. The summed E-state index contributed by atoms with van der Waals surface area (Å²) in [5.74, 6) is -0.713. The van der Waals surface area contributed by atoms with Gasteiger partial charge in [0.05, 0.1) is 13.2 Å². The molecule has 1 fully saturated rings. The molecule has 1 amide bonds. The average Bonchev–Trinajstić information content (AvgIpc) is 3.52. The van der Waals surface area contributed by atoms with Gasteiger partial charge in [0.2, 0.25) is 0 Å². The summed E-state index contributed by atoms with van der Waals surface area (Å²) in [5.41, 5.74) is 5.66. The number of carboxylic acids is 1. The van der Waals surface area contributed by atoms with Crippen molar-refractivity contribution in [2.45, 2.75) is 93.0 Å². The lowest BCUT2D eigenvalue weighted by molar-refractivity contribution is -0.139. The first-order valence-corrected chi connectivity index (χ1v) is 17.9. The molecule has 248 valence electrons. The number of aryl methyl sites for hydroxylation is 1. The van der Waals surface area contributed by atoms with Crippen LogP contribution in [0.5, 0.6) is 0 Å². The Morgan fingerprint density at radius 1 is 0.933 bits per heavy atom. The Hall–Kier alpha value is -3.13. The van der Waals surface area contributed by atoms with Crippen LogP contribution in [-0.4, -0.2) is 59.1 Å². The maximum atomic E-state index is 13.4. The average molecular weight is 637 g/mol. The number of thioether (sulfide) groups is 1. The lowest BCUT2D eigenvalue weighted by Gasteiger charge is -2.25. The van der Waals surface area contributed by atoms with Crippen molar-refractivity contribution in [2.24, 2.45) is 0 Å². The highest BCUT2D eigenvalue weighted by Crippen LogP contribution is 2.30. The van der Waals surface area contributed by atoms with Crippen LogP contribution in [0.25, 0.3) is 11.1 Å². The van der Waals surface area contributed by atoms with Crippen LogP contribution in [-0.2, 0) is 22.7 Å². The van der Waals surface area contributed by atoms with E-state index in [0.717, 1.165) is 48.2 Å². The molecule has 2 unspecified atom stereocenters. The minimum atomic E-state index is -1.01. The Balaban J connectivity index is 0.00000159. The second-order valence-corrected chi connectivity index (χ2v) is 11.1. The summed E-state index contributed by atoms with van der Waals surface area (Å²) in [6, 6.07) is 23.6. The summed E-state index contributed by atoms with van der Waals surface area (Å²) in [4.78, 5) is 27.6. The fraction of sp³-hybridized carbons (Fsp3) is 0.474. The molecule has 3 aromatic carbocycles. The number of carbonyl (C=O) groups is 2. The molecule has 2 atom stereocenters. The van der Waals surface area contributed by atoms with E-state index in [4.69, 9.17) is 4.74 Å². The Bertz CT molecular complexity index is 1250. The van der Waals surface area contributed by atoms with Gasteiger partial charge in [-0.25, -0.2) is 4.79 Å². The molecule has 0 aromatic heterocycles. The summed E-state index contributed by atoms with van der Waals surface area (Å²) < 4.78 is 6.07. The molecular formula is C38H56N2O4S. The van der Waals surface area contributed by atoms with Gasteiger partial charge in [0.25, 0.3) is 5.91 Å². The number of hydrogen-bond acceptors (Lipinski definition) is 5. The van der Waals surface area contributed by atoms with Crippen molar-refractivity contribution >= 4 is 23.6 Å². The van der Waals surface area contributed by atoms with Gasteiger partial charge in [0.1, 0.15) is 6.04 Å². The molecule has 7 heteroatoms. The Morgan fingerprint density at radius 2 is 1.60 bits per heavy atom. The van der Waals surface area contributed by atoms with Crippen LogP contribution >= 0.6 is 11.8 Å². The third-order valence-corrected chi connectivity index (χ3v) is 7.93. The van der Waals surface area contributed by atoms with Crippen LogP contribution < -0.4 is 5.32 Å². The van der Waals surface area contributed by atoms with Crippen molar-refractivity contribution in [1.82, 2.24) is 10.2 Å². The number of rotatable bonds is 13. The summed E-state index contributed by atoms with van der Waals surface area (Å²) in [7, 11) is 0. The van der Waals surface area contributed by atoms with Gasteiger partial charge >= 0.3 is 5.97 Å². The minimum absolute atomic E-state index is 0.353. The predicted octanol–water partition coefficient (Wildman–Crippen LogP) is 8.86. The quantitative estimate of drug-likeness (QED) is 0.195. The molecule has 0 saturated carbocycles. The monoisotopic (exact) mass is 636 g/mol. The number of likely N-dealkylation sites (tertiary alicyclic amines) is 1. The molecule has 4 rings (SSSR count). The van der Waals surface area contributed by atoms with Gasteiger partial charge in [-0.2, -0.15) is 11.8 Å². The van der Waals surface area contributed by atoms with E-state index < -0.39 is 12.0 Å². The van der Waals surface area contributed by atoms with E-state index in [2.05, 4.69) is 28.4 Å². The van der Waals surface area contributed by atoms with E-state index in [-0.39, 0.29) is 5.91 Å². The number of amides is 1. The molecule has 3 aromatic rings. The highest BCUT2D eigenvalue weighted by atomic mass is 32.2. The van der Waals surface area contributed by atoms with Crippen molar-refractivity contribution in [3.05, 3.63) is 95.1 Å². The molecule has 0 spiro atoms. The van der Waals surface area contributed by atoms with Crippen molar-refractivity contribution in [3.63, 3.8) is 0 Å². The molecule has 0 radical (unpaired) electrons. The number of nitrogens with zero attached hydrogens (tertiary/aromatic N) is 1. The molecule has 6 nitrogen and oxygen atoms in total. The van der Waals surface area contributed by atoms with Crippen molar-refractivity contribution in [1.29, 1.82) is 0 Å². The smallest absolute Gasteiger partial charge is 0.326 e. The van der Waals surface area contributed by atoms with Gasteiger partial charge in [0, 0.05) is 18.2 Å². The third-order valence-electron chi connectivity index (χ3n) is 7.28. The minimum Gasteiger partial charge on any atom is -0.480 e. The summed E-state index contributed by atoms with van der Waals surface area (Å²) in [5, 5.41) is 12.4. The molecule has 45 heavy (non-hydrogen) atoms. The van der Waals surface area contributed by atoms with Crippen LogP contribution in [0.3, 0.4) is 0 Å². The zero-order valence-electron chi connectivity index (χ0n) is 28.8. The highest BCUT2D eigenvalue weighted by Gasteiger charge is 2.26. The zero-order chi connectivity index (χ0) is 33.6. The molecule has 1 aliphatic rings. The molecule has 2 N–H and O–H groups in total. The number of aliphatic carboxylic acids is 1. The van der Waals surface area contributed by atoms with Gasteiger partial charge in [-0.05, 0) is 84.7 Å². The molecule has 1 heterocycles. The van der Waals surface area contributed by atoms with E-state index in [0.29, 0.717) is 37.0 Å². The largest absolute Gasteiger partial charge is 0.480 e. The topological polar surface area (TPSA) is 78.9 Å². The number of hydrogen-bond donors (Lipinski definition) is 2. The first-order valence-electron chi connectivity index (χ1n) is 16.5. The maximum absolute atomic E-state index is 13.4. The summed E-state index contributed by atoms with van der Waals surface area (Å²) >= 11 is 1.56. The highest BCUT2D eigenvalue weighted by molar-refractivity contribution is 7.98. The molecule has 1 saturated heterocycles. The van der Waals surface area contributed by atoms with Crippen molar-refractivity contribution < 1.29 is 19.4 Å². The van der Waals surface area contributed by atoms with Gasteiger partial charge in [-0.1, -0.05) is 102 Å². The van der Waals surface area contributed by atoms with Crippen LogP contribution in [0.2, 0.25) is 0 Å². The first-order chi connectivity index (χ1) is 22.0. The lowest BCUT2D eigenvalue weighted by Crippen LogP contribution is -2.41. The molecule has 1 aliphatic heterocycles. The van der Waals surface area contributed by atoms with Crippen molar-refractivity contribution in [3.8, 4) is 11.1 Å². The summed E-state index contributed by atoms with van der Waals surface area (Å²) in [6.45, 7) is 17.1. The fourth-order valence-electron chi connectivity index (χ4n) is 5.13. The molecule has 0 bridgehead atoms. The van der Waals surface area contributed by atoms with E-state index in [1.807, 2.05) is 109 Å². The predicted molar refractivity (Wildman–Crippen MR) is 192 cm³/mol. The fourth-order valence-corrected chi connectivity index (χ4v) is 5.60. The van der Waals surface area contributed by atoms with E-state index in [1.54, 1.807) is 11.8 Å². The van der Waals surface area contributed by atoms with Gasteiger partial charge in [0.15, 0.2) is 0 Å². The SMILES string of the molecule is CC.CC.CC.CSCCC(NC(=O)c1ccc(CN2CCCC2COCc2ccccc2)cc1-c1ccccc1C)C(=O)O. The number of benzene rings is 3. The number of carboxylic acid groups (broad SMARTS) is 1. The maximum Gasteiger partial charge on any atom is 0.326 e. The van der Waals surface area contributed by atoms with Crippen LogP contribution in [0.1, 0.15) is 87.9 Å². The van der Waals surface area contributed by atoms with Gasteiger partial charge < -0.3 is 15.2 Å². The van der Waals surface area contributed by atoms with E-state index in [9.17, 15) is 14.7 Å². The normalized spacial score (nSPS) is 14.4. The third kappa shape index (κ3) is 13.0. The number of carbonyl (C=O) groups excluding carboxylic acids is 1. The summed E-state index contributed by atoms with van der Waals surface area (Å²) in [6.07, 6.45) is 4.54.